The number of rotatable bonds is 1. The third kappa shape index (κ3) is 1.75. The molecule has 0 spiro atoms. The van der Waals surface area contributed by atoms with Crippen molar-refractivity contribution in [2.24, 2.45) is 0 Å². The summed E-state index contributed by atoms with van der Waals surface area (Å²) in [5.41, 5.74) is 2.93. The number of nitriles is 1. The summed E-state index contributed by atoms with van der Waals surface area (Å²) < 4.78 is 7.44. The average Bonchev–Trinajstić information content (AvgIpc) is 2.78. The molecule has 1 aromatic carbocycles. The molecule has 0 N–H and O–H groups in total. The zero-order valence-corrected chi connectivity index (χ0v) is 9.40. The largest absolute Gasteiger partial charge is 0.232 e. The third-order valence-corrected chi connectivity index (χ3v) is 2.98. The van der Waals surface area contributed by atoms with Crippen LogP contribution in [0.3, 0.4) is 0 Å². The molecule has 3 rings (SSSR count). The maximum absolute atomic E-state index is 8.74. The van der Waals surface area contributed by atoms with Gasteiger partial charge in [-0.25, -0.2) is 15.0 Å². The fourth-order valence-electron chi connectivity index (χ4n) is 1.47. The maximum Gasteiger partial charge on any atom is 0.189 e. The summed E-state index contributed by atoms with van der Waals surface area (Å²) in [6.45, 7) is 0. The van der Waals surface area contributed by atoms with Gasteiger partial charge < -0.3 is 0 Å². The quantitative estimate of drug-likeness (QED) is 0.654. The molecule has 0 unspecified atom stereocenters. The predicted molar refractivity (Wildman–Crippen MR) is 65.4 cm³/mol. The van der Waals surface area contributed by atoms with Gasteiger partial charge in [-0.3, -0.25) is 0 Å². The van der Waals surface area contributed by atoms with E-state index >= 15 is 0 Å². The van der Waals surface area contributed by atoms with E-state index in [0.29, 0.717) is 16.0 Å². The number of fused-ring (bicyclic) bond motifs is 1. The number of hydrogen-bond donors (Lipinski definition) is 0. The Kier molecular flexibility index (Phi) is 2.03. The highest BCUT2D eigenvalue weighted by atomic mass is 32.1. The van der Waals surface area contributed by atoms with E-state index in [-0.39, 0.29) is 5.49 Å². The smallest absolute Gasteiger partial charge is 0.189 e. The SMILES string of the molecule is [2H]c1nc2ncc(-c3ccc(C#N)cc3)nc2s1. The van der Waals surface area contributed by atoms with Gasteiger partial charge in [0.15, 0.2) is 10.5 Å². The van der Waals surface area contributed by atoms with Crippen LogP contribution in [0.1, 0.15) is 6.93 Å². The van der Waals surface area contributed by atoms with Crippen molar-refractivity contribution in [3.05, 3.63) is 41.5 Å². The Morgan fingerprint density at radius 1 is 1.24 bits per heavy atom. The third-order valence-electron chi connectivity index (χ3n) is 2.33. The number of thiazole rings is 1. The molecule has 0 atom stereocenters. The van der Waals surface area contributed by atoms with Crippen LogP contribution in [-0.4, -0.2) is 15.0 Å². The summed E-state index contributed by atoms with van der Waals surface area (Å²) in [4.78, 5) is 13.2. The average molecular weight is 239 g/mol. The lowest BCUT2D eigenvalue weighted by Crippen LogP contribution is -1.86. The zero-order valence-electron chi connectivity index (χ0n) is 9.58. The molecule has 0 amide bonds. The molecule has 2 heterocycles. The predicted octanol–water partition coefficient (Wildman–Crippen LogP) is 2.62. The van der Waals surface area contributed by atoms with E-state index in [1.54, 1.807) is 18.3 Å². The highest BCUT2D eigenvalue weighted by Gasteiger charge is 2.04. The molecular weight excluding hydrogens is 232 g/mol. The van der Waals surface area contributed by atoms with Crippen LogP contribution in [-0.2, 0) is 0 Å². The van der Waals surface area contributed by atoms with Crippen molar-refractivity contribution in [3.63, 3.8) is 0 Å². The molecule has 0 saturated carbocycles. The Hall–Kier alpha value is -2.32. The second-order valence-electron chi connectivity index (χ2n) is 3.38. The van der Waals surface area contributed by atoms with Crippen LogP contribution in [0.15, 0.2) is 35.9 Å². The van der Waals surface area contributed by atoms with Crippen molar-refractivity contribution in [1.82, 2.24) is 15.0 Å². The first-order valence-corrected chi connectivity index (χ1v) is 5.68. The first kappa shape index (κ1) is 8.79. The van der Waals surface area contributed by atoms with E-state index in [1.807, 2.05) is 12.1 Å². The van der Waals surface area contributed by atoms with Crippen molar-refractivity contribution in [1.29, 1.82) is 5.26 Å². The molecule has 0 aliphatic heterocycles. The van der Waals surface area contributed by atoms with E-state index in [9.17, 15) is 0 Å². The highest BCUT2D eigenvalue weighted by molar-refractivity contribution is 7.16. The molecule has 0 aliphatic carbocycles. The van der Waals surface area contributed by atoms with Crippen molar-refractivity contribution in [2.75, 3.05) is 0 Å². The lowest BCUT2D eigenvalue weighted by atomic mass is 10.1. The number of benzene rings is 1. The lowest BCUT2D eigenvalue weighted by molar-refractivity contribution is 1.26. The maximum atomic E-state index is 8.74. The minimum Gasteiger partial charge on any atom is -0.232 e. The van der Waals surface area contributed by atoms with Crippen molar-refractivity contribution >= 4 is 21.8 Å². The molecule has 80 valence electrons. The molecule has 0 bridgehead atoms. The van der Waals surface area contributed by atoms with Gasteiger partial charge in [0.05, 0.1) is 30.4 Å². The molecule has 0 aliphatic rings. The zero-order chi connectivity index (χ0) is 12.5. The minimum atomic E-state index is 0.210. The van der Waals surface area contributed by atoms with Crippen LogP contribution >= 0.6 is 11.3 Å². The van der Waals surface area contributed by atoms with Gasteiger partial charge in [0, 0.05) is 5.56 Å². The molecule has 3 aromatic rings. The summed E-state index contributed by atoms with van der Waals surface area (Å²) in [7, 11) is 0. The van der Waals surface area contributed by atoms with Gasteiger partial charge in [-0.05, 0) is 12.1 Å². The molecular formula is C12H6N4S. The van der Waals surface area contributed by atoms with Gasteiger partial charge >= 0.3 is 0 Å². The van der Waals surface area contributed by atoms with Crippen LogP contribution < -0.4 is 0 Å². The molecule has 0 fully saturated rings. The Morgan fingerprint density at radius 2 is 2.06 bits per heavy atom. The van der Waals surface area contributed by atoms with E-state index in [1.165, 1.54) is 11.3 Å². The summed E-state index contributed by atoms with van der Waals surface area (Å²) in [5, 5.41) is 8.74. The second-order valence-corrected chi connectivity index (χ2v) is 4.15. The normalized spacial score (nSPS) is 11.1. The molecule has 4 nitrogen and oxygen atoms in total. The molecule has 0 radical (unpaired) electrons. The Balaban J connectivity index is 2.10. The Bertz CT molecular complexity index is 758. The first-order chi connectivity index (χ1) is 8.76. The summed E-state index contributed by atoms with van der Waals surface area (Å²) in [6.07, 6.45) is 1.63. The van der Waals surface area contributed by atoms with Gasteiger partial charge in [0.2, 0.25) is 0 Å². The van der Waals surface area contributed by atoms with Crippen LogP contribution in [0, 0.1) is 11.3 Å². The van der Waals surface area contributed by atoms with Crippen molar-refractivity contribution in [3.8, 4) is 17.3 Å². The molecule has 17 heavy (non-hydrogen) atoms. The summed E-state index contributed by atoms with van der Waals surface area (Å²) in [6, 6.07) is 9.21. The fourth-order valence-corrected chi connectivity index (χ4v) is 2.03. The van der Waals surface area contributed by atoms with Crippen LogP contribution in [0.2, 0.25) is 0 Å². The van der Waals surface area contributed by atoms with E-state index in [4.69, 9.17) is 6.63 Å². The molecule has 2 aromatic heterocycles. The van der Waals surface area contributed by atoms with Gasteiger partial charge in [0.1, 0.15) is 0 Å². The van der Waals surface area contributed by atoms with E-state index in [2.05, 4.69) is 21.0 Å². The van der Waals surface area contributed by atoms with Crippen LogP contribution in [0.5, 0.6) is 0 Å². The van der Waals surface area contributed by atoms with E-state index < -0.39 is 0 Å². The number of nitrogens with zero attached hydrogens (tertiary/aromatic N) is 4. The second kappa shape index (κ2) is 3.92. The van der Waals surface area contributed by atoms with Crippen LogP contribution in [0.4, 0.5) is 0 Å². The first-order valence-electron chi connectivity index (χ1n) is 5.37. The van der Waals surface area contributed by atoms with Crippen LogP contribution in [0.25, 0.3) is 21.7 Å². The van der Waals surface area contributed by atoms with Crippen molar-refractivity contribution in [2.45, 2.75) is 0 Å². The summed E-state index contributed by atoms with van der Waals surface area (Å²) >= 11 is 1.20. The van der Waals surface area contributed by atoms with Gasteiger partial charge in [0.25, 0.3) is 0 Å². The monoisotopic (exact) mass is 239 g/mol. The van der Waals surface area contributed by atoms with Gasteiger partial charge in [-0.1, -0.05) is 12.1 Å². The fraction of sp³-hybridized carbons (Fsp3) is 0. The number of aromatic nitrogens is 3. The van der Waals surface area contributed by atoms with Gasteiger partial charge in [-0.2, -0.15) is 5.26 Å². The van der Waals surface area contributed by atoms with Crippen molar-refractivity contribution < 1.29 is 1.37 Å². The minimum absolute atomic E-state index is 0.210. The van der Waals surface area contributed by atoms with Gasteiger partial charge in [-0.15, -0.1) is 11.3 Å². The Labute approximate surface area is 103 Å². The molecule has 0 saturated heterocycles. The van der Waals surface area contributed by atoms with E-state index in [0.717, 1.165) is 11.3 Å². The number of hydrogen-bond acceptors (Lipinski definition) is 5. The molecule has 5 heteroatoms. The summed E-state index contributed by atoms with van der Waals surface area (Å²) in [5.74, 6) is 0. The lowest BCUT2D eigenvalue weighted by Gasteiger charge is -1.99. The highest BCUT2D eigenvalue weighted by Crippen LogP contribution is 2.20. The topological polar surface area (TPSA) is 62.5 Å². The standard InChI is InChI=1S/C12H6N4S/c13-5-8-1-3-9(4-2-8)10-6-14-11-12(16-10)17-7-15-11/h1-4,6-7H/i7D. The Morgan fingerprint density at radius 3 is 2.82 bits per heavy atom.